The van der Waals surface area contributed by atoms with Gasteiger partial charge in [-0.15, -0.1) is 0 Å². The largest absolute Gasteiger partial charge is 0.328 e. The van der Waals surface area contributed by atoms with Gasteiger partial charge in [-0.05, 0) is 63.0 Å². The van der Waals surface area contributed by atoms with Crippen molar-refractivity contribution in [2.45, 2.75) is 39.2 Å². The van der Waals surface area contributed by atoms with E-state index in [1.54, 1.807) is 0 Å². The van der Waals surface area contributed by atoms with Gasteiger partial charge in [-0.1, -0.05) is 18.2 Å². The van der Waals surface area contributed by atoms with E-state index in [4.69, 9.17) is 4.98 Å². The third-order valence-electron chi connectivity index (χ3n) is 5.20. The van der Waals surface area contributed by atoms with E-state index in [0.717, 1.165) is 55.3 Å². The summed E-state index contributed by atoms with van der Waals surface area (Å²) in [6, 6.07) is 14.8. The summed E-state index contributed by atoms with van der Waals surface area (Å²) in [4.78, 5) is 9.61. The van der Waals surface area contributed by atoms with Crippen LogP contribution >= 0.6 is 0 Å². The molecule has 3 aromatic rings. The highest BCUT2D eigenvalue weighted by atomic mass is 15.1. The number of nitrogens with one attached hydrogen (secondary N) is 1. The maximum absolute atomic E-state index is 4.96. The Morgan fingerprint density at radius 2 is 1.88 bits per heavy atom. The van der Waals surface area contributed by atoms with Crippen LogP contribution in [0.1, 0.15) is 30.1 Å². The van der Waals surface area contributed by atoms with Gasteiger partial charge in [0.15, 0.2) is 0 Å². The quantitative estimate of drug-likeness (QED) is 0.776. The van der Waals surface area contributed by atoms with Crippen LogP contribution in [0.5, 0.6) is 0 Å². The van der Waals surface area contributed by atoms with Crippen molar-refractivity contribution in [2.24, 2.45) is 5.92 Å². The molecule has 0 radical (unpaired) electrons. The van der Waals surface area contributed by atoms with E-state index in [2.05, 4.69) is 64.3 Å². The van der Waals surface area contributed by atoms with Crippen molar-refractivity contribution in [2.75, 3.05) is 13.1 Å². The highest BCUT2D eigenvalue weighted by Gasteiger charge is 2.18. The molecule has 130 valence electrons. The minimum absolute atomic E-state index is 0.744. The molecule has 1 N–H and O–H groups in total. The molecule has 0 bridgehead atoms. The van der Waals surface area contributed by atoms with Crippen molar-refractivity contribution in [3.05, 3.63) is 59.7 Å². The smallest absolute Gasteiger partial charge is 0.110 e. The van der Waals surface area contributed by atoms with E-state index >= 15 is 0 Å². The molecule has 0 amide bonds. The van der Waals surface area contributed by atoms with Crippen molar-refractivity contribution in [3.8, 4) is 0 Å². The summed E-state index contributed by atoms with van der Waals surface area (Å²) in [6.45, 7) is 5.27. The second-order valence-electron chi connectivity index (χ2n) is 7.09. The molecule has 0 unspecified atom stereocenters. The second kappa shape index (κ2) is 7.36. The van der Waals surface area contributed by atoms with Gasteiger partial charge in [-0.3, -0.25) is 4.98 Å². The lowest BCUT2D eigenvalue weighted by atomic mass is 9.94. The maximum Gasteiger partial charge on any atom is 0.110 e. The fourth-order valence-corrected chi connectivity index (χ4v) is 3.84. The monoisotopic (exact) mass is 334 g/mol. The number of aromatic nitrogens is 3. The van der Waals surface area contributed by atoms with Crippen LogP contribution in [0.3, 0.4) is 0 Å². The van der Waals surface area contributed by atoms with Crippen molar-refractivity contribution < 1.29 is 0 Å². The van der Waals surface area contributed by atoms with Crippen LogP contribution in [0.25, 0.3) is 11.0 Å². The van der Waals surface area contributed by atoms with Crippen LogP contribution < -0.4 is 5.32 Å². The number of fused-ring (bicyclic) bond motifs is 1. The van der Waals surface area contributed by atoms with Gasteiger partial charge in [-0.25, -0.2) is 4.98 Å². The molecule has 1 saturated heterocycles. The molecule has 0 saturated carbocycles. The van der Waals surface area contributed by atoms with E-state index in [9.17, 15) is 0 Å². The van der Waals surface area contributed by atoms with Crippen LogP contribution in [0, 0.1) is 12.8 Å². The summed E-state index contributed by atoms with van der Waals surface area (Å²) in [6.07, 6.45) is 4.53. The van der Waals surface area contributed by atoms with E-state index in [0.29, 0.717) is 0 Å². The summed E-state index contributed by atoms with van der Waals surface area (Å²) < 4.78 is 2.42. The summed E-state index contributed by atoms with van der Waals surface area (Å²) in [7, 11) is 0. The van der Waals surface area contributed by atoms with Crippen LogP contribution in [0.15, 0.2) is 42.5 Å². The van der Waals surface area contributed by atoms with Gasteiger partial charge < -0.3 is 9.88 Å². The van der Waals surface area contributed by atoms with Gasteiger partial charge >= 0.3 is 0 Å². The summed E-state index contributed by atoms with van der Waals surface area (Å²) in [5, 5.41) is 3.46. The van der Waals surface area contributed by atoms with E-state index in [1.807, 2.05) is 0 Å². The SMILES string of the molecule is Cc1cccc(CCn2c(CC3CCNCC3)nc3ccccc32)n1. The van der Waals surface area contributed by atoms with Crippen LogP contribution in [-0.4, -0.2) is 27.6 Å². The second-order valence-corrected chi connectivity index (χ2v) is 7.09. The predicted octanol–water partition coefficient (Wildman–Crippen LogP) is 3.52. The lowest BCUT2D eigenvalue weighted by molar-refractivity contribution is 0.363. The fourth-order valence-electron chi connectivity index (χ4n) is 3.84. The fraction of sp³-hybridized carbons (Fsp3) is 0.429. The van der Waals surface area contributed by atoms with Gasteiger partial charge in [0.05, 0.1) is 11.0 Å². The van der Waals surface area contributed by atoms with Crippen molar-refractivity contribution >= 4 is 11.0 Å². The number of imidazole rings is 1. The van der Waals surface area contributed by atoms with Gasteiger partial charge in [0.25, 0.3) is 0 Å². The standard InChI is InChI=1S/C21H26N4/c1-16-5-4-6-18(23-16)11-14-25-20-8-3-2-7-19(20)24-21(25)15-17-9-12-22-13-10-17/h2-8,17,22H,9-15H2,1H3. The number of piperidine rings is 1. The Balaban J connectivity index is 1.59. The van der Waals surface area contributed by atoms with Gasteiger partial charge in [0, 0.05) is 30.8 Å². The molecular formula is C21H26N4. The number of para-hydroxylation sites is 2. The van der Waals surface area contributed by atoms with E-state index < -0.39 is 0 Å². The molecule has 4 nitrogen and oxygen atoms in total. The summed E-state index contributed by atoms with van der Waals surface area (Å²) in [5.74, 6) is 1.98. The van der Waals surface area contributed by atoms with Crippen molar-refractivity contribution in [1.29, 1.82) is 0 Å². The zero-order chi connectivity index (χ0) is 17.1. The van der Waals surface area contributed by atoms with Gasteiger partial charge in [0.2, 0.25) is 0 Å². The Kier molecular flexibility index (Phi) is 4.79. The number of pyridine rings is 1. The Bertz CT molecular complexity index is 846. The molecule has 4 rings (SSSR count). The molecule has 3 heterocycles. The number of hydrogen-bond donors (Lipinski definition) is 1. The third-order valence-corrected chi connectivity index (χ3v) is 5.20. The number of hydrogen-bond acceptors (Lipinski definition) is 3. The Morgan fingerprint density at radius 3 is 2.72 bits per heavy atom. The Morgan fingerprint density at radius 1 is 1.04 bits per heavy atom. The van der Waals surface area contributed by atoms with Crippen LogP contribution in [-0.2, 0) is 19.4 Å². The molecule has 25 heavy (non-hydrogen) atoms. The predicted molar refractivity (Wildman–Crippen MR) is 102 cm³/mol. The minimum atomic E-state index is 0.744. The Labute approximate surface area is 149 Å². The number of benzene rings is 1. The summed E-state index contributed by atoms with van der Waals surface area (Å²) >= 11 is 0. The van der Waals surface area contributed by atoms with Crippen molar-refractivity contribution in [1.82, 2.24) is 19.9 Å². The number of rotatable bonds is 5. The molecule has 1 aliphatic heterocycles. The maximum atomic E-state index is 4.96. The first-order chi connectivity index (χ1) is 12.3. The lowest BCUT2D eigenvalue weighted by Gasteiger charge is -2.22. The first kappa shape index (κ1) is 16.3. The molecule has 2 aromatic heterocycles. The van der Waals surface area contributed by atoms with Crippen LogP contribution in [0.2, 0.25) is 0 Å². The first-order valence-corrected chi connectivity index (χ1v) is 9.37. The Hall–Kier alpha value is -2.20. The molecule has 1 aliphatic rings. The summed E-state index contributed by atoms with van der Waals surface area (Å²) in [5.41, 5.74) is 4.61. The molecular weight excluding hydrogens is 308 g/mol. The molecule has 1 aromatic carbocycles. The van der Waals surface area contributed by atoms with E-state index in [1.165, 1.54) is 24.2 Å². The highest BCUT2D eigenvalue weighted by Crippen LogP contribution is 2.22. The number of nitrogens with zero attached hydrogens (tertiary/aromatic N) is 3. The molecule has 0 aliphatic carbocycles. The lowest BCUT2D eigenvalue weighted by Crippen LogP contribution is -2.29. The topological polar surface area (TPSA) is 42.7 Å². The van der Waals surface area contributed by atoms with Crippen LogP contribution in [0.4, 0.5) is 0 Å². The first-order valence-electron chi connectivity index (χ1n) is 9.37. The minimum Gasteiger partial charge on any atom is -0.328 e. The highest BCUT2D eigenvalue weighted by molar-refractivity contribution is 5.75. The normalized spacial score (nSPS) is 15.7. The molecule has 0 spiro atoms. The molecule has 4 heteroatoms. The number of aryl methyl sites for hydroxylation is 3. The average molecular weight is 334 g/mol. The average Bonchev–Trinajstić information content (AvgIpc) is 2.98. The van der Waals surface area contributed by atoms with E-state index in [-0.39, 0.29) is 0 Å². The van der Waals surface area contributed by atoms with Gasteiger partial charge in [-0.2, -0.15) is 0 Å². The van der Waals surface area contributed by atoms with Gasteiger partial charge in [0.1, 0.15) is 5.82 Å². The zero-order valence-corrected chi connectivity index (χ0v) is 14.9. The molecule has 0 atom stereocenters. The third kappa shape index (κ3) is 3.74. The zero-order valence-electron chi connectivity index (χ0n) is 14.9. The molecule has 1 fully saturated rings. The van der Waals surface area contributed by atoms with Crippen molar-refractivity contribution in [3.63, 3.8) is 0 Å².